The van der Waals surface area contributed by atoms with Crippen molar-refractivity contribution in [2.75, 3.05) is 6.54 Å². The number of carbonyl (C=O) groups excluding carboxylic acids is 1. The first-order valence-electron chi connectivity index (χ1n) is 10.0. The number of nitro groups is 1. The minimum absolute atomic E-state index is 0.0230. The molecule has 0 saturated heterocycles. The van der Waals surface area contributed by atoms with Crippen LogP contribution in [0, 0.1) is 29.4 Å². The summed E-state index contributed by atoms with van der Waals surface area (Å²) in [4.78, 5) is 45.7. The second-order valence-corrected chi connectivity index (χ2v) is 9.20. The van der Waals surface area contributed by atoms with Gasteiger partial charge in [0.1, 0.15) is 21.4 Å². The van der Waals surface area contributed by atoms with E-state index in [0.29, 0.717) is 21.3 Å². The number of fused-ring (bicyclic) bond motifs is 1. The van der Waals surface area contributed by atoms with Gasteiger partial charge in [0.15, 0.2) is 0 Å². The number of para-hydroxylation sites is 1. The van der Waals surface area contributed by atoms with Crippen molar-refractivity contribution in [2.45, 2.75) is 26.4 Å². The number of nitrogens with zero attached hydrogens (tertiary/aromatic N) is 4. The molecule has 1 aromatic carbocycles. The minimum atomic E-state index is -1.35. The average molecular weight is 497 g/mol. The van der Waals surface area contributed by atoms with Gasteiger partial charge in [-0.2, -0.15) is 0 Å². The van der Waals surface area contributed by atoms with Crippen LogP contribution in [0.3, 0.4) is 0 Å². The van der Waals surface area contributed by atoms with E-state index in [9.17, 15) is 24.8 Å². The van der Waals surface area contributed by atoms with Crippen LogP contribution in [0.2, 0.25) is 0 Å². The van der Waals surface area contributed by atoms with Crippen LogP contribution in [0.25, 0.3) is 15.8 Å². The first-order valence-corrected chi connectivity index (χ1v) is 11.6. The molecule has 1 N–H and O–H groups in total. The summed E-state index contributed by atoms with van der Waals surface area (Å²) in [6.07, 6.45) is 9.87. The number of allylic oxidation sites excluding steroid dienone is 3. The smallest absolute Gasteiger partial charge is 0.323 e. The number of amides is 1. The van der Waals surface area contributed by atoms with Gasteiger partial charge in [0.2, 0.25) is 0 Å². The van der Waals surface area contributed by atoms with E-state index in [4.69, 9.17) is 6.42 Å². The Bertz CT molecular complexity index is 1320. The fourth-order valence-corrected chi connectivity index (χ4v) is 5.12. The summed E-state index contributed by atoms with van der Waals surface area (Å²) in [7, 11) is 0. The highest BCUT2D eigenvalue weighted by Crippen LogP contribution is 2.29. The van der Waals surface area contributed by atoms with E-state index in [1.54, 1.807) is 26.0 Å². The van der Waals surface area contributed by atoms with Crippen molar-refractivity contribution in [3.05, 3.63) is 73.2 Å². The molecule has 0 aliphatic heterocycles. The molecule has 0 aliphatic rings. The number of carbonyl (C=O) groups is 2. The summed E-state index contributed by atoms with van der Waals surface area (Å²) in [6.45, 7) is 2.88. The fourth-order valence-electron chi connectivity index (χ4n) is 3.09. The van der Waals surface area contributed by atoms with Crippen LogP contribution < -0.4 is 0 Å². The molecule has 174 valence electrons. The summed E-state index contributed by atoms with van der Waals surface area (Å²) in [6, 6.07) is 6.14. The van der Waals surface area contributed by atoms with Gasteiger partial charge in [0.05, 0.1) is 22.5 Å². The predicted molar refractivity (Wildman–Crippen MR) is 131 cm³/mol. The molecule has 2 aromatic heterocycles. The van der Waals surface area contributed by atoms with E-state index in [1.165, 1.54) is 22.3 Å². The molecule has 11 heteroatoms. The quantitative estimate of drug-likeness (QED) is 0.205. The van der Waals surface area contributed by atoms with Gasteiger partial charge in [0.25, 0.3) is 11.9 Å². The Labute approximate surface area is 203 Å². The van der Waals surface area contributed by atoms with Crippen molar-refractivity contribution >= 4 is 50.3 Å². The molecule has 0 aliphatic carbocycles. The molecule has 1 atom stereocenters. The standard InChI is InChI=1S/C23H20N4O5S2/c1-4-8-15(11-16(5-2)27(31)32)22-24-14(3)21(34-22)23(30)26(13-20(28)29)12-19-25-17-9-6-7-10-18(17)33-19/h2,4,6-11,16H,12-13H2,1,3H3,(H,28,29)/b8-4-,15-11+. The highest BCUT2D eigenvalue weighted by atomic mass is 32.1. The van der Waals surface area contributed by atoms with Gasteiger partial charge in [-0.25, -0.2) is 9.97 Å². The molecule has 0 fully saturated rings. The van der Waals surface area contributed by atoms with Gasteiger partial charge in [-0.3, -0.25) is 19.7 Å². The molecule has 0 radical (unpaired) electrons. The second kappa shape index (κ2) is 10.8. The van der Waals surface area contributed by atoms with E-state index < -0.39 is 29.4 Å². The molecule has 9 nitrogen and oxygen atoms in total. The van der Waals surface area contributed by atoms with E-state index in [2.05, 4.69) is 15.9 Å². The highest BCUT2D eigenvalue weighted by Gasteiger charge is 2.26. The molecule has 1 amide bonds. The van der Waals surface area contributed by atoms with Crippen molar-refractivity contribution in [1.29, 1.82) is 0 Å². The van der Waals surface area contributed by atoms with Crippen molar-refractivity contribution in [2.24, 2.45) is 0 Å². The number of carboxylic acid groups (broad SMARTS) is 1. The molecular formula is C23H20N4O5S2. The fraction of sp³-hybridized carbons (Fsp3) is 0.217. The monoisotopic (exact) mass is 496 g/mol. The summed E-state index contributed by atoms with van der Waals surface area (Å²) >= 11 is 2.42. The van der Waals surface area contributed by atoms with Crippen molar-refractivity contribution < 1.29 is 19.6 Å². The van der Waals surface area contributed by atoms with Crippen molar-refractivity contribution in [1.82, 2.24) is 14.9 Å². The number of thiazole rings is 2. The maximum Gasteiger partial charge on any atom is 0.323 e. The molecule has 3 aromatic rings. The minimum Gasteiger partial charge on any atom is -0.480 e. The maximum absolute atomic E-state index is 13.3. The summed E-state index contributed by atoms with van der Waals surface area (Å²) in [5.74, 6) is 0.437. The lowest BCUT2D eigenvalue weighted by molar-refractivity contribution is -0.493. The van der Waals surface area contributed by atoms with Crippen molar-refractivity contribution in [3.8, 4) is 12.3 Å². The van der Waals surface area contributed by atoms with Crippen LogP contribution in [0.15, 0.2) is 42.5 Å². The topological polar surface area (TPSA) is 127 Å². The van der Waals surface area contributed by atoms with E-state index in [0.717, 1.165) is 21.6 Å². The summed E-state index contributed by atoms with van der Waals surface area (Å²) in [5.41, 5.74) is 1.57. The van der Waals surface area contributed by atoms with Crippen LogP contribution in [0.1, 0.15) is 32.3 Å². The number of carboxylic acids is 1. The SMILES string of the molecule is C#CC(/C=C(\C=C/C)c1nc(C)c(C(=O)N(CC(=O)O)Cc2nc3ccccc3s2)s1)[N+](=O)[O-]. The average Bonchev–Trinajstić information content (AvgIpc) is 3.37. The normalized spacial score (nSPS) is 12.6. The largest absolute Gasteiger partial charge is 0.480 e. The number of rotatable bonds is 9. The van der Waals surface area contributed by atoms with Crippen LogP contribution in [0.4, 0.5) is 0 Å². The zero-order chi connectivity index (χ0) is 24.8. The third-order valence-corrected chi connectivity index (χ3v) is 6.81. The summed E-state index contributed by atoms with van der Waals surface area (Å²) < 4.78 is 0.937. The zero-order valence-corrected chi connectivity index (χ0v) is 19.9. The molecule has 2 heterocycles. The third-order valence-electron chi connectivity index (χ3n) is 4.60. The second-order valence-electron chi connectivity index (χ2n) is 7.08. The van der Waals surface area contributed by atoms with Crippen LogP contribution >= 0.6 is 22.7 Å². The van der Waals surface area contributed by atoms with Crippen LogP contribution in [-0.4, -0.2) is 49.4 Å². The number of aliphatic carboxylic acids is 1. The Kier molecular flexibility index (Phi) is 7.88. The van der Waals surface area contributed by atoms with Gasteiger partial charge in [0, 0.05) is 16.6 Å². The molecule has 1 unspecified atom stereocenters. The molecule has 0 bridgehead atoms. The molecular weight excluding hydrogens is 476 g/mol. The molecule has 0 saturated carbocycles. The summed E-state index contributed by atoms with van der Waals surface area (Å²) in [5, 5.41) is 21.5. The molecule has 3 rings (SSSR count). The van der Waals surface area contributed by atoms with E-state index in [-0.39, 0.29) is 11.4 Å². The molecule has 0 spiro atoms. The lowest BCUT2D eigenvalue weighted by Crippen LogP contribution is -2.35. The van der Waals surface area contributed by atoms with Gasteiger partial charge in [-0.15, -0.1) is 29.1 Å². The lowest BCUT2D eigenvalue weighted by Gasteiger charge is -2.18. The van der Waals surface area contributed by atoms with Gasteiger partial charge >= 0.3 is 5.97 Å². The number of benzene rings is 1. The van der Waals surface area contributed by atoms with Crippen LogP contribution in [-0.2, 0) is 11.3 Å². The number of terminal acetylenes is 1. The number of aryl methyl sites for hydroxylation is 1. The predicted octanol–water partition coefficient (Wildman–Crippen LogP) is 4.03. The maximum atomic E-state index is 13.3. The van der Waals surface area contributed by atoms with E-state index >= 15 is 0 Å². The molecule has 34 heavy (non-hydrogen) atoms. The Morgan fingerprint density at radius 1 is 1.32 bits per heavy atom. The van der Waals surface area contributed by atoms with Gasteiger partial charge < -0.3 is 10.0 Å². The first kappa shape index (κ1) is 24.8. The lowest BCUT2D eigenvalue weighted by atomic mass is 10.1. The number of hydrogen-bond acceptors (Lipinski definition) is 8. The third kappa shape index (κ3) is 5.72. The van der Waals surface area contributed by atoms with Gasteiger partial charge in [-0.05, 0) is 31.9 Å². The van der Waals surface area contributed by atoms with Crippen molar-refractivity contribution in [3.63, 3.8) is 0 Å². The number of aromatic nitrogens is 2. The number of hydrogen-bond donors (Lipinski definition) is 1. The Balaban J connectivity index is 1.95. The highest BCUT2D eigenvalue weighted by molar-refractivity contribution is 7.18. The van der Waals surface area contributed by atoms with Gasteiger partial charge in [-0.1, -0.05) is 24.3 Å². The Morgan fingerprint density at radius 3 is 2.68 bits per heavy atom. The van der Waals surface area contributed by atoms with E-state index in [1.807, 2.05) is 24.3 Å². The Morgan fingerprint density at radius 2 is 2.06 bits per heavy atom. The zero-order valence-electron chi connectivity index (χ0n) is 18.3. The Hall–Kier alpha value is -3.88. The van der Waals surface area contributed by atoms with Crippen LogP contribution in [0.5, 0.6) is 0 Å². The first-order chi connectivity index (χ1) is 16.2.